The second kappa shape index (κ2) is 3.92. The number of aliphatic hydroxyl groups excluding tert-OH is 1. The van der Waals surface area contributed by atoms with Gasteiger partial charge in [-0.15, -0.1) is 0 Å². The summed E-state index contributed by atoms with van der Waals surface area (Å²) in [6, 6.07) is 0. The molecule has 12 heavy (non-hydrogen) atoms. The van der Waals surface area contributed by atoms with Crippen LogP contribution in [-0.2, 0) is 9.47 Å². The fourth-order valence-electron chi connectivity index (χ4n) is 1.42. The van der Waals surface area contributed by atoms with E-state index in [1.807, 2.05) is 13.8 Å². The van der Waals surface area contributed by atoms with E-state index >= 15 is 0 Å². The van der Waals surface area contributed by atoms with Crippen LogP contribution in [0.25, 0.3) is 0 Å². The van der Waals surface area contributed by atoms with Crippen molar-refractivity contribution in [3.8, 4) is 0 Å². The summed E-state index contributed by atoms with van der Waals surface area (Å²) in [6.45, 7) is 7.50. The Bertz CT molecular complexity index is 167. The summed E-state index contributed by atoms with van der Waals surface area (Å²) in [5.74, 6) is 0.703. The molecule has 70 valence electrons. The first-order chi connectivity index (χ1) is 5.63. The van der Waals surface area contributed by atoms with Gasteiger partial charge in [-0.2, -0.15) is 0 Å². The van der Waals surface area contributed by atoms with Crippen LogP contribution in [0.5, 0.6) is 0 Å². The highest BCUT2D eigenvalue weighted by Crippen LogP contribution is 2.23. The molecular formula is C9H16O3. The van der Waals surface area contributed by atoms with Crippen LogP contribution in [0, 0.1) is 0 Å². The Kier molecular flexibility index (Phi) is 3.12. The van der Waals surface area contributed by atoms with E-state index < -0.39 is 0 Å². The van der Waals surface area contributed by atoms with Crippen LogP contribution >= 0.6 is 0 Å². The van der Waals surface area contributed by atoms with E-state index in [-0.39, 0.29) is 24.9 Å². The largest absolute Gasteiger partial charge is 0.493 e. The number of hydrogen-bond acceptors (Lipinski definition) is 3. The summed E-state index contributed by atoms with van der Waals surface area (Å²) in [5, 5.41) is 8.83. The number of hydrogen-bond donors (Lipinski definition) is 1. The molecule has 1 N–H and O–H groups in total. The van der Waals surface area contributed by atoms with E-state index in [2.05, 4.69) is 6.58 Å². The van der Waals surface area contributed by atoms with Gasteiger partial charge >= 0.3 is 0 Å². The fourth-order valence-corrected chi connectivity index (χ4v) is 1.42. The van der Waals surface area contributed by atoms with Crippen LogP contribution in [0.15, 0.2) is 12.3 Å². The Labute approximate surface area is 73.0 Å². The van der Waals surface area contributed by atoms with Crippen molar-refractivity contribution in [1.82, 2.24) is 0 Å². The molecule has 1 heterocycles. The molecule has 0 aliphatic carbocycles. The van der Waals surface area contributed by atoms with Crippen molar-refractivity contribution in [2.24, 2.45) is 0 Å². The molecule has 0 radical (unpaired) electrons. The summed E-state index contributed by atoms with van der Waals surface area (Å²) in [4.78, 5) is 0. The van der Waals surface area contributed by atoms with Crippen LogP contribution in [0.4, 0.5) is 0 Å². The summed E-state index contributed by atoms with van der Waals surface area (Å²) in [7, 11) is 0. The molecular weight excluding hydrogens is 156 g/mol. The van der Waals surface area contributed by atoms with Gasteiger partial charge in [0.1, 0.15) is 6.10 Å². The highest BCUT2D eigenvalue weighted by atomic mass is 16.6. The third-order valence-corrected chi connectivity index (χ3v) is 1.98. The molecule has 0 aromatic carbocycles. The van der Waals surface area contributed by atoms with Crippen LogP contribution in [0.1, 0.15) is 20.3 Å². The van der Waals surface area contributed by atoms with Crippen LogP contribution < -0.4 is 0 Å². The third kappa shape index (κ3) is 2.22. The quantitative estimate of drug-likeness (QED) is 0.647. The Balaban J connectivity index is 2.40. The van der Waals surface area contributed by atoms with Crippen molar-refractivity contribution in [3.63, 3.8) is 0 Å². The first-order valence-corrected chi connectivity index (χ1v) is 4.22. The van der Waals surface area contributed by atoms with Crippen LogP contribution in [-0.4, -0.2) is 30.0 Å². The number of aliphatic hydroxyl groups is 1. The first kappa shape index (κ1) is 9.55. The topological polar surface area (TPSA) is 38.7 Å². The minimum Gasteiger partial charge on any atom is -0.493 e. The van der Waals surface area contributed by atoms with Crippen molar-refractivity contribution in [2.75, 3.05) is 6.61 Å². The Morgan fingerprint density at radius 1 is 1.75 bits per heavy atom. The highest BCUT2D eigenvalue weighted by molar-refractivity contribution is 4.85. The molecule has 1 aliphatic heterocycles. The summed E-state index contributed by atoms with van der Waals surface area (Å²) < 4.78 is 10.8. The highest BCUT2D eigenvalue weighted by Gasteiger charge is 2.32. The predicted molar refractivity (Wildman–Crippen MR) is 45.7 cm³/mol. The van der Waals surface area contributed by atoms with Gasteiger partial charge < -0.3 is 14.6 Å². The normalized spacial score (nSPS) is 35.1. The van der Waals surface area contributed by atoms with Gasteiger partial charge in [0.05, 0.1) is 24.6 Å². The van der Waals surface area contributed by atoms with Gasteiger partial charge in [-0.1, -0.05) is 6.58 Å². The summed E-state index contributed by atoms with van der Waals surface area (Å²) in [6.07, 6.45) is 0.799. The third-order valence-electron chi connectivity index (χ3n) is 1.98. The molecule has 1 rings (SSSR count). The molecule has 3 nitrogen and oxygen atoms in total. The van der Waals surface area contributed by atoms with E-state index in [1.54, 1.807) is 0 Å². The van der Waals surface area contributed by atoms with E-state index in [0.717, 1.165) is 6.42 Å². The lowest BCUT2D eigenvalue weighted by atomic mass is 10.1. The lowest BCUT2D eigenvalue weighted by molar-refractivity contribution is -0.00601. The fraction of sp³-hybridized carbons (Fsp3) is 0.778. The lowest BCUT2D eigenvalue weighted by Crippen LogP contribution is -2.19. The zero-order valence-electron chi connectivity index (χ0n) is 7.62. The van der Waals surface area contributed by atoms with E-state index in [1.165, 1.54) is 0 Å². The van der Waals surface area contributed by atoms with Crippen molar-refractivity contribution in [1.29, 1.82) is 0 Å². The zero-order valence-corrected chi connectivity index (χ0v) is 7.62. The zero-order chi connectivity index (χ0) is 9.14. The van der Waals surface area contributed by atoms with Gasteiger partial charge in [0.2, 0.25) is 0 Å². The Morgan fingerprint density at radius 2 is 2.42 bits per heavy atom. The molecule has 1 aliphatic rings. The van der Waals surface area contributed by atoms with Gasteiger partial charge in [0.15, 0.2) is 0 Å². The Hall–Kier alpha value is -0.540. The minimum absolute atomic E-state index is 0.0545. The standard InChI is InChI=1S/C9H16O3/c1-6(2)11-9-4-8(5-10)12-7(9)3/h7-10H,1,4-5H2,2-3H3/t7-,8-,9+/m0/s1. The van der Waals surface area contributed by atoms with Crippen molar-refractivity contribution in [3.05, 3.63) is 12.3 Å². The van der Waals surface area contributed by atoms with Gasteiger partial charge in [-0.05, 0) is 13.8 Å². The molecule has 3 atom stereocenters. The summed E-state index contributed by atoms with van der Waals surface area (Å²) in [5.41, 5.74) is 0. The van der Waals surface area contributed by atoms with Crippen molar-refractivity contribution in [2.45, 2.75) is 38.6 Å². The van der Waals surface area contributed by atoms with Crippen LogP contribution in [0.2, 0.25) is 0 Å². The monoisotopic (exact) mass is 172 g/mol. The van der Waals surface area contributed by atoms with Crippen LogP contribution in [0.3, 0.4) is 0 Å². The number of rotatable bonds is 3. The van der Waals surface area contributed by atoms with Gasteiger partial charge in [-0.3, -0.25) is 0 Å². The van der Waals surface area contributed by atoms with E-state index in [0.29, 0.717) is 5.76 Å². The molecule has 1 fully saturated rings. The molecule has 0 spiro atoms. The maximum absolute atomic E-state index is 8.83. The lowest BCUT2D eigenvalue weighted by Gasteiger charge is -2.15. The average molecular weight is 172 g/mol. The second-order valence-corrected chi connectivity index (χ2v) is 3.24. The van der Waals surface area contributed by atoms with Crippen molar-refractivity contribution < 1.29 is 14.6 Å². The smallest absolute Gasteiger partial charge is 0.126 e. The van der Waals surface area contributed by atoms with Gasteiger partial charge in [-0.25, -0.2) is 0 Å². The SMILES string of the molecule is C=C(C)O[C@@H]1C[C@@H](CO)O[C@H]1C. The van der Waals surface area contributed by atoms with Crippen molar-refractivity contribution >= 4 is 0 Å². The average Bonchev–Trinajstić information content (AvgIpc) is 2.31. The maximum Gasteiger partial charge on any atom is 0.126 e. The Morgan fingerprint density at radius 3 is 2.83 bits per heavy atom. The van der Waals surface area contributed by atoms with E-state index in [9.17, 15) is 0 Å². The molecule has 0 aromatic heterocycles. The summed E-state index contributed by atoms with van der Waals surface area (Å²) >= 11 is 0. The van der Waals surface area contributed by atoms with E-state index in [4.69, 9.17) is 14.6 Å². The minimum atomic E-state index is -0.0654. The molecule has 0 saturated carbocycles. The molecule has 0 bridgehead atoms. The molecule has 3 heteroatoms. The maximum atomic E-state index is 8.83. The number of ether oxygens (including phenoxy) is 2. The molecule has 0 unspecified atom stereocenters. The van der Waals surface area contributed by atoms with Gasteiger partial charge in [0.25, 0.3) is 0 Å². The number of allylic oxidation sites excluding steroid dienone is 1. The molecule has 0 aromatic rings. The first-order valence-electron chi connectivity index (χ1n) is 4.22. The second-order valence-electron chi connectivity index (χ2n) is 3.24. The molecule has 1 saturated heterocycles. The predicted octanol–water partition coefficient (Wildman–Crippen LogP) is 1.07. The van der Waals surface area contributed by atoms with Gasteiger partial charge in [0, 0.05) is 6.42 Å². The molecule has 0 amide bonds.